The van der Waals surface area contributed by atoms with Crippen LogP contribution >= 0.6 is 11.3 Å². The van der Waals surface area contributed by atoms with Crippen molar-refractivity contribution in [2.24, 2.45) is 5.41 Å². The van der Waals surface area contributed by atoms with Crippen LogP contribution in [0.25, 0.3) is 0 Å². The molecule has 4 N–H and O–H groups in total. The van der Waals surface area contributed by atoms with Gasteiger partial charge in [-0.15, -0.1) is 11.3 Å². The van der Waals surface area contributed by atoms with E-state index in [-0.39, 0.29) is 48.7 Å². The number of aliphatic carboxylic acids is 1. The van der Waals surface area contributed by atoms with Crippen LogP contribution in [0.3, 0.4) is 0 Å². The van der Waals surface area contributed by atoms with Gasteiger partial charge in [0.2, 0.25) is 5.91 Å². The number of carbonyl (C=O) groups is 5. The molecule has 3 amide bonds. The van der Waals surface area contributed by atoms with Crippen molar-refractivity contribution in [2.45, 2.75) is 104 Å². The van der Waals surface area contributed by atoms with Crippen LogP contribution in [0.1, 0.15) is 124 Å². The van der Waals surface area contributed by atoms with Crippen molar-refractivity contribution < 1.29 is 34.2 Å². The van der Waals surface area contributed by atoms with Crippen molar-refractivity contribution in [1.82, 2.24) is 4.90 Å². The highest BCUT2D eigenvalue weighted by Crippen LogP contribution is 2.39. The second-order valence-corrected chi connectivity index (χ2v) is 16.2. The Balaban J connectivity index is 1.29. The highest BCUT2D eigenvalue weighted by molar-refractivity contribution is 7.17. The maximum Gasteiger partial charge on any atom is 0.335 e. The van der Waals surface area contributed by atoms with Gasteiger partial charge in [-0.1, -0.05) is 64.1 Å². The van der Waals surface area contributed by atoms with E-state index in [1.165, 1.54) is 11.3 Å². The molecule has 0 aliphatic heterocycles. The number of carbonyl (C=O) groups excluding carboxylic acids is 3. The number of benzene rings is 3. The van der Waals surface area contributed by atoms with Gasteiger partial charge >= 0.3 is 11.9 Å². The van der Waals surface area contributed by atoms with Crippen LogP contribution in [0.2, 0.25) is 0 Å². The molecule has 10 nitrogen and oxygen atoms in total. The average molecular weight is 766 g/mol. The van der Waals surface area contributed by atoms with Crippen LogP contribution < -0.4 is 10.6 Å². The summed E-state index contributed by atoms with van der Waals surface area (Å²) in [7, 11) is 0. The predicted molar refractivity (Wildman–Crippen MR) is 216 cm³/mol. The number of aromatic carboxylic acids is 1. The molecule has 11 heteroatoms. The Bertz CT molecular complexity index is 2010. The number of hydrogen-bond acceptors (Lipinski definition) is 6. The summed E-state index contributed by atoms with van der Waals surface area (Å²) in [6, 6.07) is 21.7. The number of rotatable bonds is 17. The summed E-state index contributed by atoms with van der Waals surface area (Å²) in [5, 5.41) is 25.1. The van der Waals surface area contributed by atoms with Crippen LogP contribution in [-0.4, -0.2) is 50.8 Å². The van der Waals surface area contributed by atoms with E-state index in [0.29, 0.717) is 21.8 Å². The first-order chi connectivity index (χ1) is 26.3. The van der Waals surface area contributed by atoms with Gasteiger partial charge in [0.25, 0.3) is 11.8 Å². The number of anilines is 2. The first-order valence-corrected chi connectivity index (χ1v) is 19.9. The Kier molecular flexibility index (Phi) is 13.6. The SMILES string of the molecule is CCC(CC)N(Cc1cccc(C(=O)Nc2sc3c(c2C(=O)Nc2ccc(CCc4ccc(C(=O)O)cc4)cc2)CCCC3)c1)C(=O)CC(C)(C)CC(=O)O. The molecule has 290 valence electrons. The zero-order chi connectivity index (χ0) is 39.7. The minimum absolute atomic E-state index is 0.0368. The van der Waals surface area contributed by atoms with E-state index in [0.717, 1.165) is 78.5 Å². The van der Waals surface area contributed by atoms with Gasteiger partial charge in [-0.05, 0) is 115 Å². The van der Waals surface area contributed by atoms with E-state index in [9.17, 15) is 29.1 Å². The molecule has 0 atom stereocenters. The Morgan fingerprint density at radius 1 is 0.764 bits per heavy atom. The number of aryl methyl sites for hydroxylation is 3. The second-order valence-electron chi connectivity index (χ2n) is 15.1. The van der Waals surface area contributed by atoms with Crippen LogP contribution in [0.5, 0.6) is 0 Å². The Morgan fingerprint density at radius 2 is 1.40 bits per heavy atom. The summed E-state index contributed by atoms with van der Waals surface area (Å²) < 4.78 is 0. The van der Waals surface area contributed by atoms with Crippen molar-refractivity contribution in [1.29, 1.82) is 0 Å². The third kappa shape index (κ3) is 10.9. The molecule has 5 rings (SSSR count). The zero-order valence-corrected chi connectivity index (χ0v) is 32.9. The molecule has 0 spiro atoms. The van der Waals surface area contributed by atoms with Gasteiger partial charge in [-0.2, -0.15) is 0 Å². The summed E-state index contributed by atoms with van der Waals surface area (Å²) in [6.45, 7) is 7.92. The van der Waals surface area contributed by atoms with Gasteiger partial charge in [0.1, 0.15) is 5.00 Å². The molecule has 1 aliphatic carbocycles. The first-order valence-electron chi connectivity index (χ1n) is 19.1. The number of nitrogens with zero attached hydrogens (tertiary/aromatic N) is 1. The summed E-state index contributed by atoms with van der Waals surface area (Å²) in [5.41, 5.74) is 4.98. The predicted octanol–water partition coefficient (Wildman–Crippen LogP) is 9.02. The van der Waals surface area contributed by atoms with Crippen molar-refractivity contribution in [3.63, 3.8) is 0 Å². The molecule has 4 aromatic rings. The number of nitrogens with one attached hydrogen (secondary N) is 2. The maximum absolute atomic E-state index is 13.9. The van der Waals surface area contributed by atoms with Crippen molar-refractivity contribution in [3.8, 4) is 0 Å². The average Bonchev–Trinajstić information content (AvgIpc) is 3.52. The van der Waals surface area contributed by atoms with Gasteiger partial charge in [0.05, 0.1) is 17.5 Å². The van der Waals surface area contributed by atoms with Crippen LogP contribution in [0.4, 0.5) is 10.7 Å². The van der Waals surface area contributed by atoms with E-state index >= 15 is 0 Å². The van der Waals surface area contributed by atoms with Crippen LogP contribution in [0.15, 0.2) is 72.8 Å². The molecule has 1 heterocycles. The van der Waals surface area contributed by atoms with Gasteiger partial charge in [-0.25, -0.2) is 4.79 Å². The lowest BCUT2D eigenvalue weighted by molar-refractivity contribution is -0.141. The minimum Gasteiger partial charge on any atom is -0.481 e. The monoisotopic (exact) mass is 765 g/mol. The maximum atomic E-state index is 13.9. The third-order valence-corrected chi connectivity index (χ3v) is 11.5. The Labute approximate surface area is 327 Å². The van der Waals surface area contributed by atoms with Crippen LogP contribution in [0, 0.1) is 5.41 Å². The zero-order valence-electron chi connectivity index (χ0n) is 32.1. The Morgan fingerprint density at radius 3 is 2.02 bits per heavy atom. The van der Waals surface area contributed by atoms with Crippen molar-refractivity contribution in [2.75, 3.05) is 10.6 Å². The van der Waals surface area contributed by atoms with Gasteiger partial charge in [0, 0.05) is 35.1 Å². The van der Waals surface area contributed by atoms with E-state index in [2.05, 4.69) is 10.6 Å². The van der Waals surface area contributed by atoms with E-state index in [4.69, 9.17) is 5.11 Å². The molecule has 1 aromatic heterocycles. The van der Waals surface area contributed by atoms with Crippen molar-refractivity contribution in [3.05, 3.63) is 117 Å². The normalized spacial score (nSPS) is 12.5. The smallest absolute Gasteiger partial charge is 0.335 e. The standard InChI is InChI=1S/C44H51N3O7S/c1-5-34(6-2)47(37(48)25-44(3,4)26-38(49)50)27-30-10-9-11-32(24-30)40(51)46-42-39(35-12-7-8-13-36(35)55-42)41(52)45-33-22-18-29(19-23-33)15-14-28-16-20-31(21-17-28)43(53)54/h9-11,16-24,34H,5-8,12-15,25-27H2,1-4H3,(H,45,52)(H,46,51)(H,49,50)(H,53,54). The molecule has 0 fully saturated rings. The largest absolute Gasteiger partial charge is 0.481 e. The molecule has 0 saturated carbocycles. The topological polar surface area (TPSA) is 153 Å². The molecule has 0 unspecified atom stereocenters. The molecule has 3 aromatic carbocycles. The van der Waals surface area contributed by atoms with Gasteiger partial charge < -0.3 is 25.7 Å². The molecule has 1 aliphatic rings. The lowest BCUT2D eigenvalue weighted by Gasteiger charge is -2.34. The number of fused-ring (bicyclic) bond motifs is 1. The fourth-order valence-electron chi connectivity index (χ4n) is 7.26. The number of amides is 3. The summed E-state index contributed by atoms with van der Waals surface area (Å²) in [4.78, 5) is 66.8. The molecule has 0 saturated heterocycles. The third-order valence-electron chi connectivity index (χ3n) is 10.2. The number of carboxylic acids is 2. The lowest BCUT2D eigenvalue weighted by Crippen LogP contribution is -2.41. The number of thiophene rings is 1. The quantitative estimate of drug-likeness (QED) is 0.0837. The Hall–Kier alpha value is -5.29. The lowest BCUT2D eigenvalue weighted by atomic mass is 9.85. The van der Waals surface area contributed by atoms with E-state index in [1.54, 1.807) is 44.2 Å². The van der Waals surface area contributed by atoms with Crippen LogP contribution in [-0.2, 0) is 41.8 Å². The fraction of sp³-hybridized carbons (Fsp3) is 0.386. The number of hydrogen-bond donors (Lipinski definition) is 4. The molecule has 55 heavy (non-hydrogen) atoms. The van der Waals surface area contributed by atoms with Gasteiger partial charge in [0.15, 0.2) is 0 Å². The summed E-state index contributed by atoms with van der Waals surface area (Å²) >= 11 is 1.45. The van der Waals surface area contributed by atoms with Gasteiger partial charge in [-0.3, -0.25) is 19.2 Å². The molecular weight excluding hydrogens is 715 g/mol. The summed E-state index contributed by atoms with van der Waals surface area (Å²) in [6.07, 6.45) is 6.57. The number of carboxylic acid groups (broad SMARTS) is 2. The fourth-order valence-corrected chi connectivity index (χ4v) is 8.54. The highest BCUT2D eigenvalue weighted by atomic mass is 32.1. The highest BCUT2D eigenvalue weighted by Gasteiger charge is 2.31. The van der Waals surface area contributed by atoms with E-state index < -0.39 is 17.4 Å². The minimum atomic E-state index is -0.949. The molecular formula is C44H51N3O7S. The van der Waals surface area contributed by atoms with Crippen molar-refractivity contribution >= 4 is 51.7 Å². The molecule has 0 bridgehead atoms. The second kappa shape index (κ2) is 18.4. The first kappa shape index (κ1) is 40.9. The summed E-state index contributed by atoms with van der Waals surface area (Å²) in [5.74, 6) is -2.63. The molecule has 0 radical (unpaired) electrons. The van der Waals surface area contributed by atoms with E-state index in [1.807, 2.05) is 61.2 Å².